The van der Waals surface area contributed by atoms with Crippen LogP contribution in [0.25, 0.3) is 0 Å². The van der Waals surface area contributed by atoms with E-state index in [1.807, 2.05) is 6.07 Å². The summed E-state index contributed by atoms with van der Waals surface area (Å²) in [7, 11) is 0. The minimum atomic E-state index is 0.950. The summed E-state index contributed by atoms with van der Waals surface area (Å²) in [5, 5.41) is 8.38. The molecule has 1 N–H and O–H groups in total. The van der Waals surface area contributed by atoms with Gasteiger partial charge in [-0.3, -0.25) is 0 Å². The smallest absolute Gasteiger partial charge is 0.0751 e. The van der Waals surface area contributed by atoms with Crippen molar-refractivity contribution >= 4 is 0 Å². The number of hydrogen-bond donors (Lipinski definition) is 1. The fourth-order valence-electron chi connectivity index (χ4n) is 1.14. The summed E-state index contributed by atoms with van der Waals surface area (Å²) in [4.78, 5) is 0. The van der Waals surface area contributed by atoms with Crippen molar-refractivity contribution in [2.75, 3.05) is 0 Å². The first-order valence-electron chi connectivity index (χ1n) is 4.26. The van der Waals surface area contributed by atoms with Crippen LogP contribution in [0.1, 0.15) is 18.4 Å². The van der Waals surface area contributed by atoms with Crippen molar-refractivity contribution in [1.29, 1.82) is 0 Å². The van der Waals surface area contributed by atoms with E-state index in [9.17, 15) is 0 Å². The summed E-state index contributed by atoms with van der Waals surface area (Å²) in [6, 6.07) is 10.4. The van der Waals surface area contributed by atoms with Gasteiger partial charge in [0.1, 0.15) is 0 Å². The van der Waals surface area contributed by atoms with Crippen molar-refractivity contribution in [1.82, 2.24) is 0 Å². The molecule has 0 heterocycles. The van der Waals surface area contributed by atoms with Crippen molar-refractivity contribution in [2.24, 2.45) is 0 Å². The molecule has 0 amide bonds. The van der Waals surface area contributed by atoms with Gasteiger partial charge < -0.3 is 5.11 Å². The fourth-order valence-corrected chi connectivity index (χ4v) is 1.14. The van der Waals surface area contributed by atoms with Gasteiger partial charge in [-0.25, -0.2) is 0 Å². The van der Waals surface area contributed by atoms with E-state index in [4.69, 9.17) is 5.11 Å². The average Bonchev–Trinajstić information content (AvgIpc) is 2.14. The second-order valence-electron chi connectivity index (χ2n) is 2.76. The van der Waals surface area contributed by atoms with Gasteiger partial charge in [-0.15, -0.1) is 0 Å². The fraction of sp³-hybridized carbons (Fsp3) is 0.273. The third kappa shape index (κ3) is 3.24. The van der Waals surface area contributed by atoms with Crippen LogP contribution < -0.4 is 0 Å². The summed E-state index contributed by atoms with van der Waals surface area (Å²) in [5.74, 6) is 0. The standard InChI is InChI=1S/C11H14O/c12-10-6-2-5-9-11-7-3-1-4-8-11/h1,3-4,6-8,10,12H,2,5,9H2/b10-6+. The van der Waals surface area contributed by atoms with Gasteiger partial charge in [0.2, 0.25) is 0 Å². The molecule has 1 heteroatoms. The highest BCUT2D eigenvalue weighted by Crippen LogP contribution is 2.04. The Hall–Kier alpha value is -1.24. The Kier molecular flexibility index (Phi) is 4.00. The van der Waals surface area contributed by atoms with Crippen LogP contribution in [-0.4, -0.2) is 5.11 Å². The van der Waals surface area contributed by atoms with Gasteiger partial charge in [0.05, 0.1) is 6.26 Å². The molecule has 0 saturated carbocycles. The summed E-state index contributed by atoms with van der Waals surface area (Å²) < 4.78 is 0. The van der Waals surface area contributed by atoms with Crippen LogP contribution in [0, 0.1) is 0 Å². The number of aliphatic hydroxyl groups excluding tert-OH is 1. The molecule has 64 valence electrons. The Bertz CT molecular complexity index is 226. The van der Waals surface area contributed by atoms with E-state index in [2.05, 4.69) is 24.3 Å². The van der Waals surface area contributed by atoms with Crippen LogP contribution in [0.5, 0.6) is 0 Å². The summed E-state index contributed by atoms with van der Waals surface area (Å²) in [6.07, 6.45) is 6.03. The zero-order chi connectivity index (χ0) is 8.65. The lowest BCUT2D eigenvalue weighted by Crippen LogP contribution is -1.82. The van der Waals surface area contributed by atoms with E-state index < -0.39 is 0 Å². The number of hydrogen-bond acceptors (Lipinski definition) is 1. The van der Waals surface area contributed by atoms with Crippen molar-refractivity contribution in [3.05, 3.63) is 48.2 Å². The molecule has 0 fully saturated rings. The van der Waals surface area contributed by atoms with Gasteiger partial charge in [0.25, 0.3) is 0 Å². The first-order chi connectivity index (χ1) is 5.93. The molecule has 12 heavy (non-hydrogen) atoms. The summed E-state index contributed by atoms with van der Waals surface area (Å²) in [5.41, 5.74) is 1.36. The van der Waals surface area contributed by atoms with Crippen molar-refractivity contribution in [2.45, 2.75) is 19.3 Å². The predicted octanol–water partition coefficient (Wildman–Crippen LogP) is 3.08. The van der Waals surface area contributed by atoms with E-state index in [1.165, 1.54) is 5.56 Å². The molecule has 0 spiro atoms. The second-order valence-corrected chi connectivity index (χ2v) is 2.76. The molecule has 0 aliphatic rings. The molecule has 0 radical (unpaired) electrons. The molecule has 0 unspecified atom stereocenters. The highest BCUT2D eigenvalue weighted by molar-refractivity contribution is 5.14. The maximum absolute atomic E-state index is 8.38. The van der Waals surface area contributed by atoms with Crippen molar-refractivity contribution in [3.8, 4) is 0 Å². The van der Waals surface area contributed by atoms with Gasteiger partial charge in [0, 0.05) is 0 Å². The van der Waals surface area contributed by atoms with Gasteiger partial charge >= 0.3 is 0 Å². The Labute approximate surface area is 73.4 Å². The monoisotopic (exact) mass is 162 g/mol. The van der Waals surface area contributed by atoms with Crippen LogP contribution in [0.2, 0.25) is 0 Å². The molecule has 1 aromatic rings. The second kappa shape index (κ2) is 5.42. The molecular formula is C11H14O. The van der Waals surface area contributed by atoms with Gasteiger partial charge in [-0.1, -0.05) is 36.4 Å². The Balaban J connectivity index is 2.24. The van der Waals surface area contributed by atoms with Gasteiger partial charge in [-0.2, -0.15) is 0 Å². The number of aryl methyl sites for hydroxylation is 1. The Morgan fingerprint density at radius 1 is 1.17 bits per heavy atom. The minimum absolute atomic E-state index is 0.950. The van der Waals surface area contributed by atoms with E-state index in [1.54, 1.807) is 6.08 Å². The first-order valence-corrected chi connectivity index (χ1v) is 4.26. The SMILES string of the molecule is O/C=C/CCCc1ccccc1. The van der Waals surface area contributed by atoms with E-state index in [-0.39, 0.29) is 0 Å². The minimum Gasteiger partial charge on any atom is -0.516 e. The molecule has 0 bridgehead atoms. The average molecular weight is 162 g/mol. The molecule has 1 aromatic carbocycles. The zero-order valence-corrected chi connectivity index (χ0v) is 7.11. The van der Waals surface area contributed by atoms with E-state index in [0.717, 1.165) is 25.5 Å². The lowest BCUT2D eigenvalue weighted by Gasteiger charge is -1.97. The van der Waals surface area contributed by atoms with Crippen LogP contribution in [-0.2, 0) is 6.42 Å². The maximum atomic E-state index is 8.38. The number of benzene rings is 1. The topological polar surface area (TPSA) is 20.2 Å². The van der Waals surface area contributed by atoms with Crippen LogP contribution >= 0.6 is 0 Å². The molecule has 0 aliphatic heterocycles. The van der Waals surface area contributed by atoms with Crippen molar-refractivity contribution < 1.29 is 5.11 Å². The number of rotatable bonds is 4. The lowest BCUT2D eigenvalue weighted by molar-refractivity contribution is 0.470. The Morgan fingerprint density at radius 2 is 1.92 bits per heavy atom. The van der Waals surface area contributed by atoms with E-state index >= 15 is 0 Å². The van der Waals surface area contributed by atoms with Crippen molar-refractivity contribution in [3.63, 3.8) is 0 Å². The largest absolute Gasteiger partial charge is 0.516 e. The quantitative estimate of drug-likeness (QED) is 0.533. The van der Waals surface area contributed by atoms with E-state index in [0.29, 0.717) is 0 Å². The number of allylic oxidation sites excluding steroid dienone is 1. The molecular weight excluding hydrogens is 148 g/mol. The molecule has 0 aromatic heterocycles. The van der Waals surface area contributed by atoms with Crippen LogP contribution in [0.15, 0.2) is 42.7 Å². The van der Waals surface area contributed by atoms with Gasteiger partial charge in [-0.05, 0) is 24.8 Å². The van der Waals surface area contributed by atoms with Crippen LogP contribution in [0.3, 0.4) is 0 Å². The molecule has 0 saturated heterocycles. The first kappa shape index (κ1) is 8.85. The number of unbranched alkanes of at least 4 members (excludes halogenated alkanes) is 1. The predicted molar refractivity (Wildman–Crippen MR) is 51.1 cm³/mol. The summed E-state index contributed by atoms with van der Waals surface area (Å²) in [6.45, 7) is 0. The zero-order valence-electron chi connectivity index (χ0n) is 7.11. The summed E-state index contributed by atoms with van der Waals surface area (Å²) >= 11 is 0. The van der Waals surface area contributed by atoms with Gasteiger partial charge in [0.15, 0.2) is 0 Å². The normalized spacial score (nSPS) is 10.7. The third-order valence-electron chi connectivity index (χ3n) is 1.78. The highest BCUT2D eigenvalue weighted by atomic mass is 16.2. The Morgan fingerprint density at radius 3 is 2.58 bits per heavy atom. The number of aliphatic hydroxyl groups is 1. The highest BCUT2D eigenvalue weighted by Gasteiger charge is 1.88. The third-order valence-corrected chi connectivity index (χ3v) is 1.78. The molecule has 1 nitrogen and oxygen atoms in total. The van der Waals surface area contributed by atoms with Crippen LogP contribution in [0.4, 0.5) is 0 Å². The molecule has 0 aliphatic carbocycles. The lowest BCUT2D eigenvalue weighted by atomic mass is 10.1. The molecule has 1 rings (SSSR count). The maximum Gasteiger partial charge on any atom is 0.0751 e. The molecule has 0 atom stereocenters.